The molecule has 0 bridgehead atoms. The van der Waals surface area contributed by atoms with Gasteiger partial charge in [0.05, 0.1) is 12.1 Å². The number of carbonyl (C=O) groups excluding carboxylic acids is 1. The third-order valence-electron chi connectivity index (χ3n) is 4.73. The van der Waals surface area contributed by atoms with Crippen molar-refractivity contribution in [2.45, 2.75) is 20.1 Å². The maximum atomic E-state index is 12.9. The van der Waals surface area contributed by atoms with Crippen LogP contribution in [-0.4, -0.2) is 20.8 Å². The SMILES string of the molecule is Cc1onc(C(=O)Nc2nn(Cc3c(Cl)cccc3Cl)cc2Cl)c1COc1ccc(Cl)cc1. The lowest BCUT2D eigenvalue weighted by molar-refractivity contribution is 0.101. The molecule has 170 valence electrons. The predicted octanol–water partition coefficient (Wildman–Crippen LogP) is 6.67. The number of aromatic nitrogens is 3. The number of carbonyl (C=O) groups is 1. The van der Waals surface area contributed by atoms with E-state index in [0.29, 0.717) is 37.7 Å². The summed E-state index contributed by atoms with van der Waals surface area (Å²) < 4.78 is 12.5. The maximum absolute atomic E-state index is 12.9. The van der Waals surface area contributed by atoms with Gasteiger partial charge < -0.3 is 14.6 Å². The fraction of sp³-hybridized carbons (Fsp3) is 0.136. The first-order valence-corrected chi connectivity index (χ1v) is 11.1. The van der Waals surface area contributed by atoms with Crippen LogP contribution in [0.4, 0.5) is 5.82 Å². The van der Waals surface area contributed by atoms with Crippen molar-refractivity contribution in [3.63, 3.8) is 0 Å². The van der Waals surface area contributed by atoms with Gasteiger partial charge in [-0.25, -0.2) is 0 Å². The van der Waals surface area contributed by atoms with Crippen LogP contribution < -0.4 is 10.1 Å². The van der Waals surface area contributed by atoms with E-state index in [0.717, 1.165) is 0 Å². The van der Waals surface area contributed by atoms with Gasteiger partial charge in [-0.05, 0) is 43.3 Å². The molecule has 0 aliphatic carbocycles. The van der Waals surface area contributed by atoms with Crippen LogP contribution in [0.5, 0.6) is 5.75 Å². The van der Waals surface area contributed by atoms with Crippen LogP contribution in [0.1, 0.15) is 27.4 Å². The molecule has 1 N–H and O–H groups in total. The maximum Gasteiger partial charge on any atom is 0.279 e. The first-order valence-electron chi connectivity index (χ1n) is 9.62. The molecule has 33 heavy (non-hydrogen) atoms. The minimum absolute atomic E-state index is 0.0706. The Bertz CT molecular complexity index is 1280. The smallest absolute Gasteiger partial charge is 0.279 e. The van der Waals surface area contributed by atoms with Gasteiger partial charge >= 0.3 is 0 Å². The Morgan fingerprint density at radius 3 is 2.42 bits per heavy atom. The van der Waals surface area contributed by atoms with Crippen LogP contribution in [0, 0.1) is 6.92 Å². The molecule has 0 atom stereocenters. The minimum atomic E-state index is -0.538. The van der Waals surface area contributed by atoms with Crippen molar-refractivity contribution in [1.82, 2.24) is 14.9 Å². The lowest BCUT2D eigenvalue weighted by atomic mass is 10.2. The van der Waals surface area contributed by atoms with Crippen LogP contribution in [0.15, 0.2) is 53.2 Å². The average Bonchev–Trinajstić information content (AvgIpc) is 3.32. The van der Waals surface area contributed by atoms with E-state index in [2.05, 4.69) is 15.6 Å². The molecule has 4 aromatic rings. The van der Waals surface area contributed by atoms with Crippen molar-refractivity contribution in [3.8, 4) is 5.75 Å². The minimum Gasteiger partial charge on any atom is -0.489 e. The van der Waals surface area contributed by atoms with E-state index in [1.165, 1.54) is 4.68 Å². The molecule has 0 fully saturated rings. The first-order chi connectivity index (χ1) is 15.8. The molecular weight excluding hydrogens is 510 g/mol. The highest BCUT2D eigenvalue weighted by Crippen LogP contribution is 2.27. The number of benzene rings is 2. The van der Waals surface area contributed by atoms with Crippen molar-refractivity contribution < 1.29 is 14.1 Å². The summed E-state index contributed by atoms with van der Waals surface area (Å²) in [6, 6.07) is 12.1. The fourth-order valence-corrected chi connectivity index (χ4v) is 3.84. The molecule has 0 spiro atoms. The zero-order valence-electron chi connectivity index (χ0n) is 17.1. The van der Waals surface area contributed by atoms with Gasteiger partial charge in [-0.3, -0.25) is 9.48 Å². The van der Waals surface area contributed by atoms with Gasteiger partial charge in [0.2, 0.25) is 0 Å². The third kappa shape index (κ3) is 5.45. The number of aryl methyl sites for hydroxylation is 1. The van der Waals surface area contributed by atoms with E-state index in [-0.39, 0.29) is 29.7 Å². The molecule has 0 radical (unpaired) electrons. The number of halogens is 4. The number of hydrogen-bond donors (Lipinski definition) is 1. The average molecular weight is 526 g/mol. The Balaban J connectivity index is 1.48. The van der Waals surface area contributed by atoms with Gasteiger partial charge in [-0.1, -0.05) is 57.6 Å². The summed E-state index contributed by atoms with van der Waals surface area (Å²) in [5.74, 6) is 0.671. The molecule has 11 heteroatoms. The van der Waals surface area contributed by atoms with Crippen LogP contribution in [-0.2, 0) is 13.2 Å². The van der Waals surface area contributed by atoms with Gasteiger partial charge in [0, 0.05) is 26.8 Å². The lowest BCUT2D eigenvalue weighted by Gasteiger charge is -2.07. The first kappa shape index (κ1) is 23.4. The van der Waals surface area contributed by atoms with Gasteiger partial charge in [-0.15, -0.1) is 0 Å². The van der Waals surface area contributed by atoms with Crippen molar-refractivity contribution >= 4 is 58.1 Å². The molecule has 0 aliphatic heterocycles. The Morgan fingerprint density at radius 1 is 1.03 bits per heavy atom. The van der Waals surface area contributed by atoms with Crippen LogP contribution in [0.2, 0.25) is 20.1 Å². The molecule has 7 nitrogen and oxygen atoms in total. The summed E-state index contributed by atoms with van der Waals surface area (Å²) in [7, 11) is 0. The number of rotatable bonds is 7. The monoisotopic (exact) mass is 524 g/mol. The number of ether oxygens (including phenoxy) is 1. The predicted molar refractivity (Wildman–Crippen MR) is 128 cm³/mol. The Hall–Kier alpha value is -2.71. The normalized spacial score (nSPS) is 10.9. The zero-order valence-corrected chi connectivity index (χ0v) is 20.1. The van der Waals surface area contributed by atoms with Crippen molar-refractivity contribution in [2.75, 3.05) is 5.32 Å². The lowest BCUT2D eigenvalue weighted by Crippen LogP contribution is -2.16. The van der Waals surface area contributed by atoms with Crippen LogP contribution in [0.25, 0.3) is 0 Å². The second-order valence-corrected chi connectivity index (χ2v) is 8.64. The highest BCUT2D eigenvalue weighted by Gasteiger charge is 2.22. The van der Waals surface area contributed by atoms with E-state index < -0.39 is 5.91 Å². The largest absolute Gasteiger partial charge is 0.489 e. The van der Waals surface area contributed by atoms with Crippen molar-refractivity contribution in [2.24, 2.45) is 0 Å². The number of hydrogen-bond acceptors (Lipinski definition) is 5. The number of anilines is 1. The van der Waals surface area contributed by atoms with Crippen molar-refractivity contribution in [3.05, 3.63) is 91.3 Å². The third-order valence-corrected chi connectivity index (χ3v) is 5.96. The van der Waals surface area contributed by atoms with Crippen LogP contribution in [0.3, 0.4) is 0 Å². The molecular formula is C22H16Cl4N4O3. The van der Waals surface area contributed by atoms with E-state index >= 15 is 0 Å². The summed E-state index contributed by atoms with van der Waals surface area (Å²) in [6.45, 7) is 2.05. The van der Waals surface area contributed by atoms with E-state index in [9.17, 15) is 4.79 Å². The molecule has 1 amide bonds. The van der Waals surface area contributed by atoms with Gasteiger partial charge in [-0.2, -0.15) is 5.10 Å². The molecule has 2 heterocycles. The summed E-state index contributed by atoms with van der Waals surface area (Å²) >= 11 is 24.6. The second-order valence-electron chi connectivity index (χ2n) is 6.99. The number of amides is 1. The summed E-state index contributed by atoms with van der Waals surface area (Å²) in [6.07, 6.45) is 1.56. The molecule has 0 unspecified atom stereocenters. The summed E-state index contributed by atoms with van der Waals surface area (Å²) in [5, 5.41) is 12.7. The van der Waals surface area contributed by atoms with Crippen molar-refractivity contribution in [1.29, 1.82) is 0 Å². The number of nitrogens with zero attached hydrogens (tertiary/aromatic N) is 3. The molecule has 2 aromatic heterocycles. The molecule has 4 rings (SSSR count). The Labute approximate surface area is 209 Å². The topological polar surface area (TPSA) is 82.2 Å². The summed E-state index contributed by atoms with van der Waals surface area (Å²) in [5.41, 5.74) is 1.26. The molecule has 0 saturated carbocycles. The fourth-order valence-electron chi connectivity index (χ4n) is 3.00. The number of nitrogens with one attached hydrogen (secondary N) is 1. The van der Waals surface area contributed by atoms with Gasteiger partial charge in [0.1, 0.15) is 23.1 Å². The quantitative estimate of drug-likeness (QED) is 0.291. The van der Waals surface area contributed by atoms with E-state index in [4.69, 9.17) is 55.7 Å². The summed E-state index contributed by atoms with van der Waals surface area (Å²) in [4.78, 5) is 12.9. The molecule has 2 aromatic carbocycles. The van der Waals surface area contributed by atoms with E-state index in [1.54, 1.807) is 55.6 Å². The van der Waals surface area contributed by atoms with Crippen LogP contribution >= 0.6 is 46.4 Å². The Morgan fingerprint density at radius 2 is 1.73 bits per heavy atom. The standard InChI is InChI=1S/C22H16Cl4N4O3/c1-12-16(11-32-14-7-5-13(23)6-8-14)20(29-33-12)22(31)27-21-19(26)10-30(28-21)9-15-17(24)3-2-4-18(15)25/h2-8,10H,9,11H2,1H3,(H,27,28,31). The molecule has 0 saturated heterocycles. The van der Waals surface area contributed by atoms with Gasteiger partial charge in [0.15, 0.2) is 11.5 Å². The highest BCUT2D eigenvalue weighted by molar-refractivity contribution is 6.36. The second kappa shape index (κ2) is 10.1. The zero-order chi connectivity index (χ0) is 23.5. The van der Waals surface area contributed by atoms with E-state index in [1.807, 2.05) is 0 Å². The Kier molecular flexibility index (Phi) is 7.14. The highest BCUT2D eigenvalue weighted by atomic mass is 35.5. The van der Waals surface area contributed by atoms with Gasteiger partial charge in [0.25, 0.3) is 5.91 Å². The molecule has 0 aliphatic rings.